The van der Waals surface area contributed by atoms with Crippen LogP contribution in [0.25, 0.3) is 11.3 Å². The first-order valence-corrected chi connectivity index (χ1v) is 10.3. The number of carbonyl (C=O) groups is 1. The molecule has 1 amide bonds. The lowest BCUT2D eigenvalue weighted by Gasteiger charge is -2.31. The third-order valence-corrected chi connectivity index (χ3v) is 5.25. The molecule has 1 fully saturated rings. The van der Waals surface area contributed by atoms with Crippen molar-refractivity contribution in [1.29, 1.82) is 0 Å². The van der Waals surface area contributed by atoms with Crippen LogP contribution < -0.4 is 15.0 Å². The molecule has 7 nitrogen and oxygen atoms in total. The van der Waals surface area contributed by atoms with Gasteiger partial charge in [0, 0.05) is 42.7 Å². The number of pyridine rings is 1. The summed E-state index contributed by atoms with van der Waals surface area (Å²) >= 11 is 0. The van der Waals surface area contributed by atoms with E-state index >= 15 is 0 Å². The van der Waals surface area contributed by atoms with Crippen LogP contribution in [0.4, 0.5) is 11.5 Å². The maximum Gasteiger partial charge on any atom is 0.227 e. The number of piperidine rings is 1. The van der Waals surface area contributed by atoms with Crippen molar-refractivity contribution >= 4 is 17.4 Å². The highest BCUT2D eigenvalue weighted by atomic mass is 16.5. The van der Waals surface area contributed by atoms with Gasteiger partial charge in [-0.05, 0) is 68.3 Å². The number of nitrogens with one attached hydrogen (secondary N) is 1. The Morgan fingerprint density at radius 1 is 1.03 bits per heavy atom. The molecule has 0 atom stereocenters. The van der Waals surface area contributed by atoms with Crippen LogP contribution in [0.15, 0.2) is 60.9 Å². The lowest BCUT2D eigenvalue weighted by atomic mass is 9.96. The third kappa shape index (κ3) is 4.74. The van der Waals surface area contributed by atoms with Gasteiger partial charge in [0.15, 0.2) is 5.82 Å². The molecule has 1 aliphatic heterocycles. The SMILES string of the molecule is CCOc1ccc(NC(=O)C2CCN(c3ccc(-c4ccncc4)nn3)CC2)cc1. The molecule has 1 aliphatic rings. The lowest BCUT2D eigenvalue weighted by molar-refractivity contribution is -0.120. The van der Waals surface area contributed by atoms with Crippen LogP contribution in [0.1, 0.15) is 19.8 Å². The van der Waals surface area contributed by atoms with Crippen molar-refractivity contribution in [2.75, 3.05) is 29.9 Å². The molecule has 1 aromatic carbocycles. The van der Waals surface area contributed by atoms with E-state index in [0.717, 1.165) is 54.4 Å². The van der Waals surface area contributed by atoms with Gasteiger partial charge in [0.2, 0.25) is 5.91 Å². The molecule has 2 aromatic heterocycles. The predicted octanol–water partition coefficient (Wildman–Crippen LogP) is 3.79. The van der Waals surface area contributed by atoms with Gasteiger partial charge in [-0.1, -0.05) is 0 Å². The van der Waals surface area contributed by atoms with Crippen LogP contribution in [0.2, 0.25) is 0 Å². The molecule has 0 saturated carbocycles. The molecule has 1 saturated heterocycles. The highest BCUT2D eigenvalue weighted by Crippen LogP contribution is 2.25. The highest BCUT2D eigenvalue weighted by molar-refractivity contribution is 5.92. The Hall–Kier alpha value is -3.48. The van der Waals surface area contributed by atoms with Crippen LogP contribution in [0.3, 0.4) is 0 Å². The highest BCUT2D eigenvalue weighted by Gasteiger charge is 2.26. The second-order valence-electron chi connectivity index (χ2n) is 7.22. The molecule has 0 unspecified atom stereocenters. The van der Waals surface area contributed by atoms with Gasteiger partial charge >= 0.3 is 0 Å². The zero-order chi connectivity index (χ0) is 20.8. The van der Waals surface area contributed by atoms with Crippen molar-refractivity contribution < 1.29 is 9.53 Å². The summed E-state index contributed by atoms with van der Waals surface area (Å²) in [6.45, 7) is 4.14. The molecule has 1 N–H and O–H groups in total. The number of benzene rings is 1. The van der Waals surface area contributed by atoms with Gasteiger partial charge in [-0.3, -0.25) is 9.78 Å². The van der Waals surface area contributed by atoms with E-state index in [-0.39, 0.29) is 11.8 Å². The average molecular weight is 403 g/mol. The van der Waals surface area contributed by atoms with Gasteiger partial charge in [0.05, 0.1) is 12.3 Å². The number of hydrogen-bond donors (Lipinski definition) is 1. The first-order valence-electron chi connectivity index (χ1n) is 10.3. The molecule has 154 valence electrons. The van der Waals surface area contributed by atoms with E-state index in [1.807, 2.05) is 55.5 Å². The van der Waals surface area contributed by atoms with Crippen LogP contribution in [-0.2, 0) is 4.79 Å². The van der Waals surface area contributed by atoms with E-state index in [0.29, 0.717) is 6.61 Å². The zero-order valence-corrected chi connectivity index (χ0v) is 17.0. The summed E-state index contributed by atoms with van der Waals surface area (Å²) in [5.74, 6) is 1.72. The van der Waals surface area contributed by atoms with Crippen molar-refractivity contribution in [2.45, 2.75) is 19.8 Å². The largest absolute Gasteiger partial charge is 0.494 e. The minimum atomic E-state index is -0.00290. The fourth-order valence-corrected chi connectivity index (χ4v) is 3.59. The molecular formula is C23H25N5O2. The second kappa shape index (κ2) is 9.35. The van der Waals surface area contributed by atoms with E-state index in [2.05, 4.69) is 25.4 Å². The monoisotopic (exact) mass is 403 g/mol. The van der Waals surface area contributed by atoms with Crippen LogP contribution in [0, 0.1) is 5.92 Å². The van der Waals surface area contributed by atoms with Crippen molar-refractivity contribution in [2.24, 2.45) is 5.92 Å². The number of anilines is 2. The van der Waals surface area contributed by atoms with Crippen molar-refractivity contribution in [3.05, 3.63) is 60.9 Å². The van der Waals surface area contributed by atoms with Crippen LogP contribution in [-0.4, -0.2) is 40.8 Å². The number of ether oxygens (including phenoxy) is 1. The first kappa shape index (κ1) is 19.8. The Morgan fingerprint density at radius 3 is 2.40 bits per heavy atom. The van der Waals surface area contributed by atoms with Gasteiger partial charge in [-0.2, -0.15) is 0 Å². The van der Waals surface area contributed by atoms with Crippen molar-refractivity contribution in [3.63, 3.8) is 0 Å². The molecule has 4 rings (SSSR count). The summed E-state index contributed by atoms with van der Waals surface area (Å²) in [4.78, 5) is 18.8. The number of hydrogen-bond acceptors (Lipinski definition) is 6. The zero-order valence-electron chi connectivity index (χ0n) is 17.0. The second-order valence-corrected chi connectivity index (χ2v) is 7.22. The van der Waals surface area contributed by atoms with E-state index in [1.165, 1.54) is 0 Å². The minimum absolute atomic E-state index is 0.00290. The van der Waals surface area contributed by atoms with E-state index in [1.54, 1.807) is 12.4 Å². The Morgan fingerprint density at radius 2 is 1.77 bits per heavy atom. The van der Waals surface area contributed by atoms with Gasteiger partial charge in [0.25, 0.3) is 0 Å². The summed E-state index contributed by atoms with van der Waals surface area (Å²) in [6.07, 6.45) is 5.06. The molecule has 0 bridgehead atoms. The predicted molar refractivity (Wildman–Crippen MR) is 116 cm³/mol. The summed E-state index contributed by atoms with van der Waals surface area (Å²) < 4.78 is 5.44. The summed E-state index contributed by atoms with van der Waals surface area (Å²) in [5.41, 5.74) is 2.61. The van der Waals surface area contributed by atoms with Crippen molar-refractivity contribution in [1.82, 2.24) is 15.2 Å². The molecule has 30 heavy (non-hydrogen) atoms. The van der Waals surface area contributed by atoms with E-state index in [4.69, 9.17) is 4.74 Å². The fraction of sp³-hybridized carbons (Fsp3) is 0.304. The number of rotatable bonds is 6. The Labute approximate surface area is 176 Å². The summed E-state index contributed by atoms with van der Waals surface area (Å²) in [6, 6.07) is 15.3. The molecule has 3 heterocycles. The van der Waals surface area contributed by atoms with Crippen molar-refractivity contribution in [3.8, 4) is 17.0 Å². The van der Waals surface area contributed by atoms with E-state index < -0.39 is 0 Å². The molecule has 0 aliphatic carbocycles. The van der Waals surface area contributed by atoms with Crippen LogP contribution >= 0.6 is 0 Å². The minimum Gasteiger partial charge on any atom is -0.494 e. The average Bonchev–Trinajstić information content (AvgIpc) is 2.81. The van der Waals surface area contributed by atoms with Crippen LogP contribution in [0.5, 0.6) is 5.75 Å². The molecule has 7 heteroatoms. The Kier molecular flexibility index (Phi) is 6.17. The van der Waals surface area contributed by atoms with E-state index in [9.17, 15) is 4.79 Å². The molecule has 0 radical (unpaired) electrons. The Balaban J connectivity index is 1.30. The number of amides is 1. The third-order valence-electron chi connectivity index (χ3n) is 5.25. The normalized spacial score (nSPS) is 14.4. The fourth-order valence-electron chi connectivity index (χ4n) is 3.59. The lowest BCUT2D eigenvalue weighted by Crippen LogP contribution is -2.38. The van der Waals surface area contributed by atoms with Gasteiger partial charge < -0.3 is 15.0 Å². The standard InChI is InChI=1S/C23H25N5O2/c1-2-30-20-5-3-19(4-6-20)25-23(29)18-11-15-28(16-12-18)22-8-7-21(26-27-22)17-9-13-24-14-10-17/h3-10,13-14,18H,2,11-12,15-16H2,1H3,(H,25,29). The topological polar surface area (TPSA) is 80.2 Å². The molecule has 0 spiro atoms. The first-order chi connectivity index (χ1) is 14.7. The maximum atomic E-state index is 12.6. The summed E-state index contributed by atoms with van der Waals surface area (Å²) in [7, 11) is 0. The number of aromatic nitrogens is 3. The van der Waals surface area contributed by atoms with Gasteiger partial charge in [-0.25, -0.2) is 0 Å². The number of nitrogens with zero attached hydrogens (tertiary/aromatic N) is 4. The van der Waals surface area contributed by atoms with Gasteiger partial charge in [0.1, 0.15) is 5.75 Å². The molecular weight excluding hydrogens is 378 g/mol. The Bertz CT molecular complexity index is 953. The number of carbonyl (C=O) groups excluding carboxylic acids is 1. The smallest absolute Gasteiger partial charge is 0.227 e. The molecule has 3 aromatic rings. The van der Waals surface area contributed by atoms with Gasteiger partial charge in [-0.15, -0.1) is 10.2 Å². The quantitative estimate of drug-likeness (QED) is 0.674. The summed E-state index contributed by atoms with van der Waals surface area (Å²) in [5, 5.41) is 11.7. The maximum absolute atomic E-state index is 12.6.